The third kappa shape index (κ3) is 16.8. The molecular formula is C24H24O12. The van der Waals surface area contributed by atoms with E-state index in [1.165, 1.54) is 37.6 Å². The average molecular weight is 504 g/mol. The molecule has 6 heterocycles. The van der Waals surface area contributed by atoms with Crippen molar-refractivity contribution in [1.82, 2.24) is 0 Å². The summed E-state index contributed by atoms with van der Waals surface area (Å²) in [6.45, 7) is 0. The highest BCUT2D eigenvalue weighted by molar-refractivity contribution is 5.75. The number of carbonyl (C=O) groups excluding carboxylic acids is 6. The van der Waals surface area contributed by atoms with Crippen molar-refractivity contribution in [3.8, 4) is 0 Å². The molecular weight excluding hydrogens is 480 g/mol. The van der Waals surface area contributed by atoms with Gasteiger partial charge in [-0.2, -0.15) is 0 Å². The molecule has 12 nitrogen and oxygen atoms in total. The monoisotopic (exact) mass is 504 g/mol. The van der Waals surface area contributed by atoms with Gasteiger partial charge in [-0.1, -0.05) is 0 Å². The second-order valence-electron chi connectivity index (χ2n) is 6.39. The van der Waals surface area contributed by atoms with Crippen LogP contribution < -0.4 is 0 Å². The van der Waals surface area contributed by atoms with Crippen molar-refractivity contribution < 1.29 is 57.2 Å². The summed E-state index contributed by atoms with van der Waals surface area (Å²) in [5, 5.41) is 0. The molecule has 0 amide bonds. The Bertz CT molecular complexity index is 704. The van der Waals surface area contributed by atoms with E-state index in [1.54, 1.807) is 36.5 Å². The Kier molecular flexibility index (Phi) is 15.2. The fourth-order valence-corrected chi connectivity index (χ4v) is 1.90. The first-order valence-corrected chi connectivity index (χ1v) is 10.4. The van der Waals surface area contributed by atoms with Crippen LogP contribution in [0.3, 0.4) is 0 Å². The zero-order valence-electron chi connectivity index (χ0n) is 19.1. The van der Waals surface area contributed by atoms with E-state index in [1.807, 2.05) is 0 Å². The Balaban J connectivity index is 0.000000216. The fraction of sp³-hybridized carbons (Fsp3) is 0.250. The number of esters is 6. The Labute approximate surface area is 206 Å². The molecule has 0 fully saturated rings. The largest absolute Gasteiger partial charge is 0.435 e. The van der Waals surface area contributed by atoms with E-state index in [0.717, 1.165) is 0 Å². The van der Waals surface area contributed by atoms with Gasteiger partial charge in [0.25, 0.3) is 0 Å². The van der Waals surface area contributed by atoms with Gasteiger partial charge in [0, 0.05) is 0 Å². The van der Waals surface area contributed by atoms with E-state index in [-0.39, 0.29) is 35.8 Å². The molecule has 12 heteroatoms. The molecule has 0 saturated carbocycles. The third-order valence-corrected chi connectivity index (χ3v) is 3.48. The van der Waals surface area contributed by atoms with Crippen LogP contribution >= 0.6 is 0 Å². The average Bonchev–Trinajstić information content (AvgIpc) is 3.67. The van der Waals surface area contributed by atoms with Gasteiger partial charge in [-0.15, -0.1) is 0 Å². The Morgan fingerprint density at radius 3 is 0.472 bits per heavy atom. The quantitative estimate of drug-likeness (QED) is 0.351. The number of cyclic esters (lactones) is 6. The third-order valence-electron chi connectivity index (χ3n) is 3.48. The Hall–Kier alpha value is -4.74. The zero-order chi connectivity index (χ0) is 26.4. The van der Waals surface area contributed by atoms with Gasteiger partial charge in [0.1, 0.15) is 0 Å². The van der Waals surface area contributed by atoms with Crippen LogP contribution in [0.5, 0.6) is 0 Å². The smallest absolute Gasteiger partial charge is 0.314 e. The molecule has 0 aromatic rings. The maximum absolute atomic E-state index is 9.96. The van der Waals surface area contributed by atoms with Gasteiger partial charge in [-0.3, -0.25) is 28.8 Å². The van der Waals surface area contributed by atoms with E-state index < -0.39 is 0 Å². The molecule has 0 aromatic heterocycles. The summed E-state index contributed by atoms with van der Waals surface area (Å²) >= 11 is 0. The fourth-order valence-electron chi connectivity index (χ4n) is 1.90. The lowest BCUT2D eigenvalue weighted by molar-refractivity contribution is -0.136. The molecule has 0 radical (unpaired) electrons. The number of rotatable bonds is 0. The lowest BCUT2D eigenvalue weighted by Crippen LogP contribution is -1.87. The molecule has 36 heavy (non-hydrogen) atoms. The molecule has 0 aliphatic carbocycles. The van der Waals surface area contributed by atoms with E-state index in [2.05, 4.69) is 28.4 Å². The van der Waals surface area contributed by atoms with Gasteiger partial charge in [0.2, 0.25) is 0 Å². The summed E-state index contributed by atoms with van der Waals surface area (Å²) in [7, 11) is 0. The van der Waals surface area contributed by atoms with Crippen LogP contribution in [0, 0.1) is 0 Å². The van der Waals surface area contributed by atoms with Gasteiger partial charge < -0.3 is 28.4 Å². The maximum Gasteiger partial charge on any atom is 0.314 e. The first kappa shape index (κ1) is 29.3. The molecule has 0 spiro atoms. The van der Waals surface area contributed by atoms with Crippen molar-refractivity contribution in [2.75, 3.05) is 0 Å². The van der Waals surface area contributed by atoms with Crippen molar-refractivity contribution >= 4 is 35.8 Å². The number of hydrogen-bond acceptors (Lipinski definition) is 12. The van der Waals surface area contributed by atoms with Gasteiger partial charge in [-0.05, 0) is 36.5 Å². The molecule has 0 aromatic carbocycles. The van der Waals surface area contributed by atoms with Crippen LogP contribution in [0.1, 0.15) is 38.5 Å². The second-order valence-corrected chi connectivity index (χ2v) is 6.39. The summed E-state index contributed by atoms with van der Waals surface area (Å²) in [6.07, 6.45) is 21.2. The van der Waals surface area contributed by atoms with Crippen molar-refractivity contribution in [3.05, 3.63) is 74.0 Å². The highest BCUT2D eigenvalue weighted by Gasteiger charge is 2.03. The highest BCUT2D eigenvalue weighted by atomic mass is 16.5. The molecule has 6 rings (SSSR count). The predicted molar refractivity (Wildman–Crippen MR) is 119 cm³/mol. The van der Waals surface area contributed by atoms with Crippen molar-refractivity contribution in [1.29, 1.82) is 0 Å². The maximum atomic E-state index is 9.96. The number of ether oxygens (including phenoxy) is 6. The summed E-state index contributed by atoms with van der Waals surface area (Å²) in [6, 6.07) is 0. The summed E-state index contributed by atoms with van der Waals surface area (Å²) in [5.74, 6) is -0.944. The molecule has 0 bridgehead atoms. The number of carbonyl (C=O) groups is 6. The molecule has 0 N–H and O–H groups in total. The van der Waals surface area contributed by atoms with Crippen molar-refractivity contribution in [2.24, 2.45) is 0 Å². The minimum Gasteiger partial charge on any atom is -0.435 e. The molecule has 192 valence electrons. The first-order valence-electron chi connectivity index (χ1n) is 10.4. The molecule has 0 saturated heterocycles. The molecule has 6 aliphatic rings. The number of hydrogen-bond donors (Lipinski definition) is 0. The van der Waals surface area contributed by atoms with E-state index in [0.29, 0.717) is 38.5 Å². The summed E-state index contributed by atoms with van der Waals surface area (Å²) < 4.78 is 26.0. The minimum atomic E-state index is -0.157. The molecule has 0 atom stereocenters. The minimum absolute atomic E-state index is 0.157. The Morgan fingerprint density at radius 2 is 0.444 bits per heavy atom. The van der Waals surface area contributed by atoms with E-state index >= 15 is 0 Å². The van der Waals surface area contributed by atoms with Gasteiger partial charge in [0.15, 0.2) is 0 Å². The summed E-state index contributed by atoms with van der Waals surface area (Å²) in [5.41, 5.74) is 0. The zero-order valence-corrected chi connectivity index (χ0v) is 19.1. The molecule has 0 unspecified atom stereocenters. The normalized spacial score (nSPS) is 18.3. The Morgan fingerprint density at radius 1 is 0.306 bits per heavy atom. The molecule has 6 aliphatic heterocycles. The van der Waals surface area contributed by atoms with Crippen molar-refractivity contribution in [3.63, 3.8) is 0 Å². The van der Waals surface area contributed by atoms with Gasteiger partial charge in [-0.25, -0.2) is 0 Å². The van der Waals surface area contributed by atoms with E-state index in [9.17, 15) is 28.8 Å². The van der Waals surface area contributed by atoms with Crippen LogP contribution in [-0.4, -0.2) is 35.8 Å². The lowest BCUT2D eigenvalue weighted by Gasteiger charge is -1.78. The second kappa shape index (κ2) is 18.7. The van der Waals surface area contributed by atoms with Crippen LogP contribution in [-0.2, 0) is 57.2 Å². The van der Waals surface area contributed by atoms with E-state index in [4.69, 9.17) is 0 Å². The SMILES string of the molecule is O=C1CC=CO1.O=C1CC=CO1.O=C1CC=CO1.O=C1CC=CO1.O=C1CC=CO1.O=C1CC=CO1. The van der Waals surface area contributed by atoms with Crippen LogP contribution in [0.2, 0.25) is 0 Å². The summed E-state index contributed by atoms with van der Waals surface area (Å²) in [4.78, 5) is 59.8. The van der Waals surface area contributed by atoms with Gasteiger partial charge >= 0.3 is 35.8 Å². The lowest BCUT2D eigenvalue weighted by atomic mass is 10.5. The standard InChI is InChI=1S/6C4H4O2/c6*5-4-2-1-3-6-4/h6*1,3H,2H2. The predicted octanol–water partition coefficient (Wildman–Crippen LogP) is 2.68. The van der Waals surface area contributed by atoms with Crippen LogP contribution in [0.25, 0.3) is 0 Å². The van der Waals surface area contributed by atoms with Gasteiger partial charge in [0.05, 0.1) is 76.1 Å². The topological polar surface area (TPSA) is 158 Å². The van der Waals surface area contributed by atoms with Crippen LogP contribution in [0.4, 0.5) is 0 Å². The van der Waals surface area contributed by atoms with Crippen molar-refractivity contribution in [2.45, 2.75) is 38.5 Å². The first-order chi connectivity index (χ1) is 17.4. The van der Waals surface area contributed by atoms with Crippen LogP contribution in [0.15, 0.2) is 74.0 Å². The highest BCUT2D eigenvalue weighted by Crippen LogP contribution is 1.99.